The Morgan fingerprint density at radius 2 is 2.16 bits per heavy atom. The topological polar surface area (TPSA) is 88.4 Å². The Hall–Kier alpha value is -2.09. The average molecular weight is 367 g/mol. The van der Waals surface area contributed by atoms with Gasteiger partial charge in [0.25, 0.3) is 5.91 Å². The summed E-state index contributed by atoms with van der Waals surface area (Å²) in [5.41, 5.74) is 1.11. The van der Waals surface area contributed by atoms with Crippen LogP contribution in [0.3, 0.4) is 0 Å². The van der Waals surface area contributed by atoms with E-state index in [9.17, 15) is 9.90 Å². The number of aromatic nitrogens is 2. The second-order valence-electron chi connectivity index (χ2n) is 5.75. The van der Waals surface area contributed by atoms with Gasteiger partial charge in [0, 0.05) is 25.6 Å². The number of β-amino-alcohol motifs (C(OH)–C–C–N with tert-alkyl or cyclic N) is 1. The van der Waals surface area contributed by atoms with E-state index < -0.39 is 6.10 Å². The van der Waals surface area contributed by atoms with Gasteiger partial charge in [-0.1, -0.05) is 18.2 Å². The molecule has 3 rings (SSSR count). The lowest BCUT2D eigenvalue weighted by atomic mass is 10.1. The zero-order chi connectivity index (χ0) is 16.9. The van der Waals surface area contributed by atoms with Gasteiger partial charge in [-0.15, -0.1) is 12.4 Å². The highest BCUT2D eigenvalue weighted by Gasteiger charge is 2.26. The number of amides is 1. The van der Waals surface area contributed by atoms with Crippen LogP contribution in [-0.4, -0.2) is 53.1 Å². The maximum Gasteiger partial charge on any atom is 0.275 e. The van der Waals surface area contributed by atoms with Crippen LogP contribution in [0.25, 0.3) is 5.69 Å². The van der Waals surface area contributed by atoms with Crippen molar-refractivity contribution in [1.82, 2.24) is 20.4 Å². The number of benzene rings is 1. The van der Waals surface area contributed by atoms with Crippen LogP contribution in [0.1, 0.15) is 17.4 Å². The number of nitrogens with zero attached hydrogens (tertiary/aromatic N) is 2. The summed E-state index contributed by atoms with van der Waals surface area (Å²) in [5.74, 6) is 0.164. The summed E-state index contributed by atoms with van der Waals surface area (Å²) in [6, 6.07) is 9.55. The molecule has 1 aliphatic rings. The number of hydrogen-bond acceptors (Lipinski definition) is 5. The van der Waals surface area contributed by atoms with E-state index in [0.717, 1.165) is 5.69 Å². The van der Waals surface area contributed by atoms with Gasteiger partial charge < -0.3 is 20.5 Å². The highest BCUT2D eigenvalue weighted by atomic mass is 35.5. The molecule has 0 bridgehead atoms. The molecule has 2 heterocycles. The molecule has 136 valence electrons. The Bertz CT molecular complexity index is 692. The van der Waals surface area contributed by atoms with Crippen molar-refractivity contribution in [2.75, 3.05) is 26.2 Å². The maximum absolute atomic E-state index is 12.5. The van der Waals surface area contributed by atoms with Gasteiger partial charge >= 0.3 is 0 Å². The van der Waals surface area contributed by atoms with E-state index in [4.69, 9.17) is 4.74 Å². The molecule has 3 N–H and O–H groups in total. The standard InChI is InChI=1S/C17H22N4O3.ClH/c1-2-24-15-11-21(13-6-4-3-5-7-13)20-16(15)17(23)19-9-12-8-18-10-14(12)22;/h3-7,11-12,14,18,22H,2,8-10H2,1H3,(H,19,23);1H. The molecule has 0 aliphatic carbocycles. The van der Waals surface area contributed by atoms with Crippen LogP contribution in [0.5, 0.6) is 5.75 Å². The van der Waals surface area contributed by atoms with Crippen LogP contribution in [0.15, 0.2) is 36.5 Å². The molecular formula is C17H23ClN4O3. The van der Waals surface area contributed by atoms with Crippen LogP contribution in [0.2, 0.25) is 0 Å². The van der Waals surface area contributed by atoms with E-state index >= 15 is 0 Å². The summed E-state index contributed by atoms with van der Waals surface area (Å²) in [5, 5.41) is 20.1. The van der Waals surface area contributed by atoms with Crippen LogP contribution >= 0.6 is 12.4 Å². The number of ether oxygens (including phenoxy) is 1. The first-order valence-corrected chi connectivity index (χ1v) is 8.14. The van der Waals surface area contributed by atoms with Crippen molar-refractivity contribution in [3.63, 3.8) is 0 Å². The van der Waals surface area contributed by atoms with Crippen molar-refractivity contribution in [1.29, 1.82) is 0 Å². The Morgan fingerprint density at radius 3 is 2.80 bits per heavy atom. The third-order valence-electron chi connectivity index (χ3n) is 4.05. The summed E-state index contributed by atoms with van der Waals surface area (Å²) >= 11 is 0. The first-order chi connectivity index (χ1) is 11.7. The van der Waals surface area contributed by atoms with Crippen molar-refractivity contribution in [3.8, 4) is 11.4 Å². The van der Waals surface area contributed by atoms with Gasteiger partial charge in [0.1, 0.15) is 0 Å². The van der Waals surface area contributed by atoms with Crippen molar-refractivity contribution in [2.45, 2.75) is 13.0 Å². The third-order valence-corrected chi connectivity index (χ3v) is 4.05. The zero-order valence-electron chi connectivity index (χ0n) is 14.0. The molecule has 0 spiro atoms. The molecule has 0 saturated carbocycles. The fourth-order valence-electron chi connectivity index (χ4n) is 2.72. The van der Waals surface area contributed by atoms with Crippen LogP contribution in [0, 0.1) is 5.92 Å². The minimum absolute atomic E-state index is 0. The number of halogens is 1. The first kappa shape index (κ1) is 19.2. The van der Waals surface area contributed by atoms with Crippen molar-refractivity contribution in [2.24, 2.45) is 5.92 Å². The number of rotatable bonds is 6. The van der Waals surface area contributed by atoms with Crippen molar-refractivity contribution in [3.05, 3.63) is 42.2 Å². The lowest BCUT2D eigenvalue weighted by Crippen LogP contribution is -2.34. The fourth-order valence-corrected chi connectivity index (χ4v) is 2.72. The molecular weight excluding hydrogens is 344 g/mol. The van der Waals surface area contributed by atoms with E-state index in [1.165, 1.54) is 0 Å². The molecule has 7 nitrogen and oxygen atoms in total. The number of para-hydroxylation sites is 1. The van der Waals surface area contributed by atoms with Gasteiger partial charge in [0.2, 0.25) is 0 Å². The zero-order valence-corrected chi connectivity index (χ0v) is 14.8. The maximum atomic E-state index is 12.5. The molecule has 2 aromatic rings. The molecule has 1 aromatic heterocycles. The third kappa shape index (κ3) is 4.50. The van der Waals surface area contributed by atoms with Gasteiger partial charge in [-0.05, 0) is 19.1 Å². The van der Waals surface area contributed by atoms with Gasteiger partial charge in [-0.3, -0.25) is 4.79 Å². The van der Waals surface area contributed by atoms with Gasteiger partial charge in [0.15, 0.2) is 11.4 Å². The van der Waals surface area contributed by atoms with Gasteiger partial charge in [0.05, 0.1) is 24.6 Å². The van der Waals surface area contributed by atoms with E-state index in [1.807, 2.05) is 37.3 Å². The number of aliphatic hydroxyl groups excluding tert-OH is 1. The SMILES string of the molecule is CCOc1cn(-c2ccccc2)nc1C(=O)NCC1CNCC1O.Cl. The molecule has 2 atom stereocenters. The second kappa shape index (κ2) is 8.84. The lowest BCUT2D eigenvalue weighted by molar-refractivity contribution is 0.0918. The van der Waals surface area contributed by atoms with Gasteiger partial charge in [-0.2, -0.15) is 5.10 Å². The first-order valence-electron chi connectivity index (χ1n) is 8.14. The van der Waals surface area contributed by atoms with E-state index in [1.54, 1.807) is 10.9 Å². The summed E-state index contributed by atoms with van der Waals surface area (Å²) < 4.78 is 7.18. The van der Waals surface area contributed by atoms with E-state index in [-0.39, 0.29) is 29.9 Å². The minimum Gasteiger partial charge on any atom is -0.490 e. The Balaban J connectivity index is 0.00000225. The normalized spacial score (nSPS) is 19.3. The predicted molar refractivity (Wildman–Crippen MR) is 96.7 cm³/mol. The van der Waals surface area contributed by atoms with Crippen molar-refractivity contribution >= 4 is 18.3 Å². The highest BCUT2D eigenvalue weighted by Crippen LogP contribution is 2.20. The molecule has 1 aromatic carbocycles. The number of hydrogen-bond donors (Lipinski definition) is 3. The summed E-state index contributed by atoms with van der Waals surface area (Å²) in [7, 11) is 0. The van der Waals surface area contributed by atoms with E-state index in [2.05, 4.69) is 15.7 Å². The quantitative estimate of drug-likeness (QED) is 0.710. The largest absolute Gasteiger partial charge is 0.490 e. The average Bonchev–Trinajstić information content (AvgIpc) is 3.20. The molecule has 8 heteroatoms. The Morgan fingerprint density at radius 1 is 1.40 bits per heavy atom. The predicted octanol–water partition coefficient (Wildman–Crippen LogP) is 1.00. The Labute approximate surface area is 152 Å². The Kier molecular flexibility index (Phi) is 6.81. The summed E-state index contributed by atoms with van der Waals surface area (Å²) in [6.07, 6.45) is 1.28. The number of nitrogens with one attached hydrogen (secondary N) is 2. The molecule has 1 saturated heterocycles. The molecule has 1 amide bonds. The van der Waals surface area contributed by atoms with Crippen molar-refractivity contribution < 1.29 is 14.6 Å². The second-order valence-corrected chi connectivity index (χ2v) is 5.75. The monoisotopic (exact) mass is 366 g/mol. The molecule has 1 aliphatic heterocycles. The van der Waals surface area contributed by atoms with Gasteiger partial charge in [-0.25, -0.2) is 4.68 Å². The molecule has 0 radical (unpaired) electrons. The molecule has 1 fully saturated rings. The molecule has 25 heavy (non-hydrogen) atoms. The fraction of sp³-hybridized carbons (Fsp3) is 0.412. The van der Waals surface area contributed by atoms with Crippen LogP contribution < -0.4 is 15.4 Å². The molecule has 2 unspecified atom stereocenters. The van der Waals surface area contributed by atoms with Crippen LogP contribution in [0.4, 0.5) is 0 Å². The number of aliphatic hydroxyl groups is 1. The summed E-state index contributed by atoms with van der Waals surface area (Å²) in [4.78, 5) is 12.5. The van der Waals surface area contributed by atoms with Crippen LogP contribution in [-0.2, 0) is 0 Å². The minimum atomic E-state index is -0.432. The summed E-state index contributed by atoms with van der Waals surface area (Å²) in [6.45, 7) is 3.97. The number of carbonyl (C=O) groups is 1. The highest BCUT2D eigenvalue weighted by molar-refractivity contribution is 5.95. The smallest absolute Gasteiger partial charge is 0.275 e. The van der Waals surface area contributed by atoms with E-state index in [0.29, 0.717) is 32.0 Å². The lowest BCUT2D eigenvalue weighted by Gasteiger charge is -2.13. The number of carbonyl (C=O) groups excluding carboxylic acids is 1.